The van der Waals surface area contributed by atoms with Crippen LogP contribution in [-0.2, 0) is 22.5 Å². The lowest BCUT2D eigenvalue weighted by molar-refractivity contribution is -0.142. The number of alkyl halides is 3. The number of nitrogens with zero attached hydrogens (tertiary/aromatic N) is 3. The molecule has 3 N–H and O–H groups in total. The number of ether oxygens (including phenoxy) is 1. The number of aromatic nitrogens is 2. The van der Waals surface area contributed by atoms with Gasteiger partial charge in [-0.3, -0.25) is 19.1 Å². The van der Waals surface area contributed by atoms with Crippen molar-refractivity contribution in [3.63, 3.8) is 0 Å². The predicted molar refractivity (Wildman–Crippen MR) is 149 cm³/mol. The van der Waals surface area contributed by atoms with Gasteiger partial charge in [0.25, 0.3) is 11.8 Å². The highest BCUT2D eigenvalue weighted by atomic mass is 19.4. The third-order valence-electron chi connectivity index (χ3n) is 6.72. The summed E-state index contributed by atoms with van der Waals surface area (Å²) in [6, 6.07) is 13.9. The average Bonchev–Trinajstić information content (AvgIpc) is 3.31. The Morgan fingerprint density at radius 1 is 0.930 bits per heavy atom. The number of morpholine rings is 1. The average molecular weight is 600 g/mol. The first-order valence-corrected chi connectivity index (χ1v) is 13.1. The summed E-state index contributed by atoms with van der Waals surface area (Å²) in [5.41, 5.74) is 0.860. The summed E-state index contributed by atoms with van der Waals surface area (Å²) in [7, 11) is 0. The minimum atomic E-state index is -4.57. The van der Waals surface area contributed by atoms with Crippen LogP contribution in [0.4, 0.5) is 34.6 Å². The molecule has 0 bridgehead atoms. The Kier molecular flexibility index (Phi) is 8.30. The molecule has 0 unspecified atom stereocenters. The van der Waals surface area contributed by atoms with E-state index in [4.69, 9.17) is 4.74 Å². The fourth-order valence-corrected chi connectivity index (χ4v) is 4.81. The number of para-hydroxylation sites is 1. The molecular formula is C29H25F4N5O5. The molecule has 10 nitrogen and oxygen atoms in total. The summed E-state index contributed by atoms with van der Waals surface area (Å²) in [6.45, 7) is 0.401. The van der Waals surface area contributed by atoms with Crippen LogP contribution in [0.15, 0.2) is 60.7 Å². The van der Waals surface area contributed by atoms with Crippen molar-refractivity contribution in [2.45, 2.75) is 19.1 Å². The number of hydrogen-bond acceptors (Lipinski definition) is 6. The number of aliphatic carboxylic acids is 1. The van der Waals surface area contributed by atoms with Gasteiger partial charge in [0.05, 0.1) is 36.5 Å². The molecule has 1 aliphatic heterocycles. The summed E-state index contributed by atoms with van der Waals surface area (Å²) >= 11 is 0. The van der Waals surface area contributed by atoms with Crippen LogP contribution >= 0.6 is 0 Å². The van der Waals surface area contributed by atoms with Gasteiger partial charge in [-0.2, -0.15) is 18.3 Å². The van der Waals surface area contributed by atoms with Crippen LogP contribution in [0, 0.1) is 5.82 Å². The molecule has 0 radical (unpaired) electrons. The highest BCUT2D eigenvalue weighted by Gasteiger charge is 2.31. The van der Waals surface area contributed by atoms with Crippen LogP contribution in [-0.4, -0.2) is 65.2 Å². The van der Waals surface area contributed by atoms with Crippen molar-refractivity contribution < 1.29 is 41.8 Å². The molecule has 14 heteroatoms. The van der Waals surface area contributed by atoms with Gasteiger partial charge in [-0.25, -0.2) is 4.39 Å². The Balaban J connectivity index is 1.48. The monoisotopic (exact) mass is 599 g/mol. The second-order valence-corrected chi connectivity index (χ2v) is 9.75. The Bertz CT molecular complexity index is 1700. The quantitative estimate of drug-likeness (QED) is 0.251. The second kappa shape index (κ2) is 12.1. The molecule has 3 aromatic carbocycles. The first-order valence-electron chi connectivity index (χ1n) is 13.1. The van der Waals surface area contributed by atoms with Crippen LogP contribution in [0.5, 0.6) is 0 Å². The summed E-state index contributed by atoms with van der Waals surface area (Å²) in [6.07, 6.45) is -5.10. The first kappa shape index (κ1) is 29.5. The SMILES string of the molecule is O=C(O)Cc1cc(F)ccc1NC(=O)c1ccc(N2CCOCC2)c(NC(=O)c2nn(CC(F)(F)F)c3ccccc23)c1. The molecule has 1 aromatic heterocycles. The molecule has 5 rings (SSSR count). The number of benzene rings is 3. The number of amides is 2. The minimum absolute atomic E-state index is 0.0561. The highest BCUT2D eigenvalue weighted by molar-refractivity contribution is 6.13. The van der Waals surface area contributed by atoms with Crippen LogP contribution in [0.3, 0.4) is 0 Å². The van der Waals surface area contributed by atoms with Gasteiger partial charge in [-0.05, 0) is 48.0 Å². The zero-order valence-electron chi connectivity index (χ0n) is 22.4. The highest BCUT2D eigenvalue weighted by Crippen LogP contribution is 2.31. The first-order chi connectivity index (χ1) is 20.5. The Labute approximate surface area is 241 Å². The molecule has 2 amide bonds. The summed E-state index contributed by atoms with van der Waals surface area (Å²) in [4.78, 5) is 39.9. The number of hydrogen-bond donors (Lipinski definition) is 3. The fraction of sp³-hybridized carbons (Fsp3) is 0.241. The van der Waals surface area contributed by atoms with Gasteiger partial charge in [-0.1, -0.05) is 18.2 Å². The van der Waals surface area contributed by atoms with Gasteiger partial charge in [0.2, 0.25) is 0 Å². The maximum Gasteiger partial charge on any atom is 0.408 e. The molecule has 224 valence electrons. The lowest BCUT2D eigenvalue weighted by Crippen LogP contribution is -2.37. The number of carboxylic acids is 1. The smallest absolute Gasteiger partial charge is 0.408 e. The Morgan fingerprint density at radius 2 is 1.65 bits per heavy atom. The number of halogens is 4. The molecule has 1 fully saturated rings. The van der Waals surface area contributed by atoms with E-state index in [0.29, 0.717) is 36.7 Å². The van der Waals surface area contributed by atoms with Gasteiger partial charge in [-0.15, -0.1) is 0 Å². The number of carboxylic acid groups (broad SMARTS) is 1. The van der Waals surface area contributed by atoms with E-state index >= 15 is 0 Å². The number of fused-ring (bicyclic) bond motifs is 1. The third-order valence-corrected chi connectivity index (χ3v) is 6.72. The van der Waals surface area contributed by atoms with Crippen molar-refractivity contribution in [1.82, 2.24) is 9.78 Å². The summed E-state index contributed by atoms with van der Waals surface area (Å²) < 4.78 is 59.5. The Hall–Kier alpha value is -4.98. The van der Waals surface area contributed by atoms with E-state index in [9.17, 15) is 37.1 Å². The van der Waals surface area contributed by atoms with E-state index in [-0.39, 0.29) is 39.1 Å². The molecule has 0 atom stereocenters. The number of anilines is 3. The molecule has 1 aliphatic rings. The van der Waals surface area contributed by atoms with Gasteiger partial charge in [0, 0.05) is 29.7 Å². The fourth-order valence-electron chi connectivity index (χ4n) is 4.81. The van der Waals surface area contributed by atoms with Crippen LogP contribution < -0.4 is 15.5 Å². The zero-order valence-corrected chi connectivity index (χ0v) is 22.4. The van der Waals surface area contributed by atoms with E-state index in [1.54, 1.807) is 18.2 Å². The normalized spacial score (nSPS) is 13.6. The Morgan fingerprint density at radius 3 is 2.37 bits per heavy atom. The lowest BCUT2D eigenvalue weighted by atomic mass is 10.1. The van der Waals surface area contributed by atoms with Gasteiger partial charge in [0.1, 0.15) is 12.4 Å². The number of carbonyl (C=O) groups excluding carboxylic acids is 2. The van der Waals surface area contributed by atoms with Crippen molar-refractivity contribution >= 4 is 45.7 Å². The molecule has 4 aromatic rings. The van der Waals surface area contributed by atoms with Crippen molar-refractivity contribution in [3.05, 3.63) is 83.3 Å². The van der Waals surface area contributed by atoms with Gasteiger partial charge in [0.15, 0.2) is 5.69 Å². The van der Waals surface area contributed by atoms with E-state index in [2.05, 4.69) is 15.7 Å². The molecule has 0 saturated carbocycles. The molecule has 0 aliphatic carbocycles. The number of carbonyl (C=O) groups is 3. The molecule has 43 heavy (non-hydrogen) atoms. The minimum Gasteiger partial charge on any atom is -0.481 e. The third kappa shape index (κ3) is 6.92. The molecule has 0 spiro atoms. The van der Waals surface area contributed by atoms with E-state index in [0.717, 1.165) is 12.1 Å². The van der Waals surface area contributed by atoms with Crippen molar-refractivity contribution in [2.24, 2.45) is 0 Å². The van der Waals surface area contributed by atoms with Crippen molar-refractivity contribution in [1.29, 1.82) is 0 Å². The van der Waals surface area contributed by atoms with Crippen LogP contribution in [0.25, 0.3) is 10.9 Å². The second-order valence-electron chi connectivity index (χ2n) is 9.75. The standard InChI is InChI=1S/C29H25F4N5O5/c30-19-6-7-21(18(13-19)15-25(39)40)34-27(41)17-5-8-24(37-9-11-43-12-10-37)22(14-17)35-28(42)26-20-3-1-2-4-23(20)38(36-26)16-29(31,32)33/h1-8,13-14H,9-12,15-16H2,(H,34,41)(H,35,42)(H,39,40). The van der Waals surface area contributed by atoms with Gasteiger partial charge >= 0.3 is 12.1 Å². The molecule has 2 heterocycles. The maximum absolute atomic E-state index is 13.8. The maximum atomic E-state index is 13.8. The number of rotatable bonds is 8. The van der Waals surface area contributed by atoms with Crippen LogP contribution in [0.1, 0.15) is 26.4 Å². The van der Waals surface area contributed by atoms with E-state index in [1.807, 2.05) is 4.90 Å². The zero-order chi connectivity index (χ0) is 30.7. The number of nitrogens with one attached hydrogen (secondary N) is 2. The summed E-state index contributed by atoms with van der Waals surface area (Å²) in [5.74, 6) is -3.33. The van der Waals surface area contributed by atoms with E-state index in [1.165, 1.54) is 30.3 Å². The van der Waals surface area contributed by atoms with Crippen molar-refractivity contribution in [3.8, 4) is 0 Å². The summed E-state index contributed by atoms with van der Waals surface area (Å²) in [5, 5.41) is 18.6. The largest absolute Gasteiger partial charge is 0.481 e. The molecular weight excluding hydrogens is 574 g/mol. The lowest BCUT2D eigenvalue weighted by Gasteiger charge is -2.30. The van der Waals surface area contributed by atoms with Crippen molar-refractivity contribution in [2.75, 3.05) is 41.8 Å². The predicted octanol–water partition coefficient (Wildman–Crippen LogP) is 4.71. The van der Waals surface area contributed by atoms with E-state index < -0.39 is 42.7 Å². The topological polar surface area (TPSA) is 126 Å². The van der Waals surface area contributed by atoms with Crippen LogP contribution in [0.2, 0.25) is 0 Å². The molecule has 1 saturated heterocycles. The van der Waals surface area contributed by atoms with Gasteiger partial charge < -0.3 is 25.4 Å².